The quantitative estimate of drug-likeness (QED) is 0.738. The van der Waals surface area contributed by atoms with Crippen molar-refractivity contribution in [1.29, 1.82) is 0 Å². The Morgan fingerprint density at radius 1 is 1.05 bits per heavy atom. The number of hydrogen-bond acceptors (Lipinski definition) is 3. The number of fused-ring (bicyclic) bond motifs is 1. The summed E-state index contributed by atoms with van der Waals surface area (Å²) in [6.45, 7) is 9.59. The van der Waals surface area contributed by atoms with E-state index in [1.165, 1.54) is 0 Å². The van der Waals surface area contributed by atoms with E-state index in [1.54, 1.807) is 0 Å². The van der Waals surface area contributed by atoms with Crippen molar-refractivity contribution >= 4 is 11.0 Å². The number of H-pyrrole nitrogens is 2. The van der Waals surface area contributed by atoms with Crippen LogP contribution in [0.2, 0.25) is 0 Å². The normalized spacial score (nSPS) is 14.5. The van der Waals surface area contributed by atoms with Gasteiger partial charge in [-0.15, -0.1) is 0 Å². The Morgan fingerprint density at radius 2 is 1.67 bits per heavy atom. The first-order valence-electron chi connectivity index (χ1n) is 7.43. The summed E-state index contributed by atoms with van der Waals surface area (Å²) in [6.07, 6.45) is 0. The fraction of sp³-hybridized carbons (Fsp3) is 0.500. The molecule has 0 saturated carbocycles. The summed E-state index contributed by atoms with van der Waals surface area (Å²) < 4.78 is 0. The van der Waals surface area contributed by atoms with Gasteiger partial charge in [-0.1, -0.05) is 33.8 Å². The smallest absolute Gasteiger partial charge is 0.314 e. The van der Waals surface area contributed by atoms with Crippen LogP contribution in [0, 0.1) is 11.8 Å². The van der Waals surface area contributed by atoms with E-state index in [4.69, 9.17) is 0 Å². The second-order valence-electron chi connectivity index (χ2n) is 5.85. The van der Waals surface area contributed by atoms with Crippen molar-refractivity contribution in [2.45, 2.75) is 33.7 Å². The highest BCUT2D eigenvalue weighted by Gasteiger charge is 2.21. The molecule has 2 aromatic rings. The van der Waals surface area contributed by atoms with Crippen LogP contribution >= 0.6 is 0 Å². The van der Waals surface area contributed by atoms with Gasteiger partial charge in [0.25, 0.3) is 0 Å². The molecular formula is C16H23N3O2. The zero-order chi connectivity index (χ0) is 15.6. The maximum Gasteiger partial charge on any atom is 0.314 e. The predicted octanol–water partition coefficient (Wildman–Crippen LogP) is 2.16. The molecule has 0 aliphatic rings. The van der Waals surface area contributed by atoms with Gasteiger partial charge in [0.2, 0.25) is 0 Å². The summed E-state index contributed by atoms with van der Waals surface area (Å²) in [5.41, 5.74) is 1.20. The first-order chi connectivity index (χ1) is 9.93. The molecule has 0 spiro atoms. The van der Waals surface area contributed by atoms with Crippen LogP contribution in [0.25, 0.3) is 11.0 Å². The number of aromatic nitrogens is 2. The van der Waals surface area contributed by atoms with Gasteiger partial charge in [-0.25, -0.2) is 0 Å². The summed E-state index contributed by atoms with van der Waals surface area (Å²) in [5.74, 6) is 0.997. The number of aromatic amines is 2. The van der Waals surface area contributed by atoms with E-state index in [0.29, 0.717) is 22.9 Å². The van der Waals surface area contributed by atoms with Crippen LogP contribution in [-0.2, 0) is 0 Å². The summed E-state index contributed by atoms with van der Waals surface area (Å²) in [5, 5.41) is 3.51. The van der Waals surface area contributed by atoms with Crippen LogP contribution in [0.3, 0.4) is 0 Å². The van der Waals surface area contributed by atoms with Crippen molar-refractivity contribution in [1.82, 2.24) is 15.3 Å². The van der Waals surface area contributed by atoms with Gasteiger partial charge in [-0.2, -0.15) is 0 Å². The van der Waals surface area contributed by atoms with Gasteiger partial charge in [0.15, 0.2) is 0 Å². The highest BCUT2D eigenvalue weighted by atomic mass is 16.2. The topological polar surface area (TPSA) is 77.8 Å². The Morgan fingerprint density at radius 3 is 2.24 bits per heavy atom. The van der Waals surface area contributed by atoms with Gasteiger partial charge in [-0.3, -0.25) is 9.59 Å². The van der Waals surface area contributed by atoms with Crippen LogP contribution in [0.4, 0.5) is 0 Å². The molecule has 0 aliphatic heterocycles. The Labute approximate surface area is 123 Å². The summed E-state index contributed by atoms with van der Waals surface area (Å²) in [4.78, 5) is 28.0. The van der Waals surface area contributed by atoms with Crippen molar-refractivity contribution in [3.05, 3.63) is 44.5 Å². The molecule has 3 N–H and O–H groups in total. The summed E-state index contributed by atoms with van der Waals surface area (Å²) in [6, 6.07) is 6.01. The van der Waals surface area contributed by atoms with Crippen LogP contribution < -0.4 is 16.4 Å². The fourth-order valence-corrected chi connectivity index (χ4v) is 2.54. The molecule has 0 saturated heterocycles. The van der Waals surface area contributed by atoms with E-state index >= 15 is 0 Å². The number of benzene rings is 1. The average molecular weight is 289 g/mol. The number of hydrogen-bond donors (Lipinski definition) is 3. The fourth-order valence-electron chi connectivity index (χ4n) is 2.54. The third-order valence-electron chi connectivity index (χ3n) is 4.11. The average Bonchev–Trinajstić information content (AvgIpc) is 2.45. The largest absolute Gasteiger partial charge is 0.316 e. The van der Waals surface area contributed by atoms with Crippen molar-refractivity contribution < 1.29 is 0 Å². The van der Waals surface area contributed by atoms with Crippen LogP contribution in [0.1, 0.15) is 39.3 Å². The molecule has 0 radical (unpaired) electrons. The second-order valence-corrected chi connectivity index (χ2v) is 5.85. The van der Waals surface area contributed by atoms with Gasteiger partial charge in [0.05, 0.1) is 11.0 Å². The van der Waals surface area contributed by atoms with Crippen molar-refractivity contribution in [2.24, 2.45) is 11.8 Å². The standard InChI is InChI=1S/C16H23N3O2/c1-5-17-14(10(4)9(2)3)11-6-7-12-13(8-11)19-16(21)15(20)18-12/h6-10,14,17H,5H2,1-4H3,(H,18,20)(H,19,21). The zero-order valence-electron chi connectivity index (χ0n) is 13.0. The molecule has 21 heavy (non-hydrogen) atoms. The molecule has 0 aliphatic carbocycles. The van der Waals surface area contributed by atoms with Gasteiger partial charge < -0.3 is 15.3 Å². The first kappa shape index (κ1) is 15.5. The van der Waals surface area contributed by atoms with Gasteiger partial charge in [0, 0.05) is 6.04 Å². The van der Waals surface area contributed by atoms with Crippen LogP contribution in [0.15, 0.2) is 27.8 Å². The molecule has 5 heteroatoms. The monoisotopic (exact) mass is 289 g/mol. The Bertz CT molecular complexity index is 730. The highest BCUT2D eigenvalue weighted by molar-refractivity contribution is 5.74. The Balaban J connectivity index is 2.51. The molecule has 1 aromatic heterocycles. The lowest BCUT2D eigenvalue weighted by molar-refractivity contribution is 0.307. The van der Waals surface area contributed by atoms with Crippen LogP contribution in [-0.4, -0.2) is 16.5 Å². The minimum atomic E-state index is -0.617. The molecule has 5 nitrogen and oxygen atoms in total. The van der Waals surface area contributed by atoms with Crippen molar-refractivity contribution in [2.75, 3.05) is 6.54 Å². The molecule has 114 valence electrons. The number of rotatable bonds is 5. The minimum absolute atomic E-state index is 0.217. The second kappa shape index (κ2) is 6.26. The zero-order valence-corrected chi connectivity index (χ0v) is 13.0. The molecule has 0 bridgehead atoms. The molecule has 1 heterocycles. The lowest BCUT2D eigenvalue weighted by Gasteiger charge is -2.28. The van der Waals surface area contributed by atoms with Gasteiger partial charge in [0.1, 0.15) is 0 Å². The first-order valence-corrected chi connectivity index (χ1v) is 7.43. The highest BCUT2D eigenvalue weighted by Crippen LogP contribution is 2.28. The van der Waals surface area contributed by atoms with Crippen molar-refractivity contribution in [3.63, 3.8) is 0 Å². The molecule has 1 aromatic carbocycles. The van der Waals surface area contributed by atoms with Gasteiger partial charge in [-0.05, 0) is 36.1 Å². The Kier molecular flexibility index (Phi) is 4.63. The van der Waals surface area contributed by atoms with Crippen molar-refractivity contribution in [3.8, 4) is 0 Å². The SMILES string of the molecule is CCNC(c1ccc2[nH]c(=O)c(=O)[nH]c2c1)C(C)C(C)C. The molecular weight excluding hydrogens is 266 g/mol. The molecule has 2 rings (SSSR count). The third-order valence-corrected chi connectivity index (χ3v) is 4.11. The van der Waals surface area contributed by atoms with Crippen LogP contribution in [0.5, 0.6) is 0 Å². The van der Waals surface area contributed by atoms with E-state index < -0.39 is 11.1 Å². The molecule has 0 fully saturated rings. The molecule has 2 atom stereocenters. The molecule has 2 unspecified atom stereocenters. The molecule has 0 amide bonds. The van der Waals surface area contributed by atoms with Gasteiger partial charge >= 0.3 is 11.1 Å². The predicted molar refractivity (Wildman–Crippen MR) is 85.6 cm³/mol. The van der Waals surface area contributed by atoms with E-state index in [9.17, 15) is 9.59 Å². The van der Waals surface area contributed by atoms with E-state index in [-0.39, 0.29) is 6.04 Å². The number of nitrogens with one attached hydrogen (secondary N) is 3. The maximum absolute atomic E-state index is 11.5. The summed E-state index contributed by atoms with van der Waals surface area (Å²) in [7, 11) is 0. The maximum atomic E-state index is 11.5. The lowest BCUT2D eigenvalue weighted by atomic mass is 9.86. The lowest BCUT2D eigenvalue weighted by Crippen LogP contribution is -2.30. The van der Waals surface area contributed by atoms with E-state index in [1.807, 2.05) is 18.2 Å². The Hall–Kier alpha value is -1.88. The summed E-state index contributed by atoms with van der Waals surface area (Å²) >= 11 is 0. The van der Waals surface area contributed by atoms with E-state index in [2.05, 4.69) is 43.0 Å². The van der Waals surface area contributed by atoms with E-state index in [0.717, 1.165) is 12.1 Å². The third kappa shape index (κ3) is 3.24. The minimum Gasteiger partial charge on any atom is -0.316 e.